The van der Waals surface area contributed by atoms with Gasteiger partial charge in [-0.25, -0.2) is 13.4 Å². The Hall–Kier alpha value is -0.770. The Morgan fingerprint density at radius 2 is 1.77 bits per heavy atom. The summed E-state index contributed by atoms with van der Waals surface area (Å²) >= 11 is 0. The summed E-state index contributed by atoms with van der Waals surface area (Å²) in [6.45, 7) is 6.21. The molecule has 4 heteroatoms. The van der Waals surface area contributed by atoms with Gasteiger partial charge in [0.25, 0.3) is 0 Å². The van der Waals surface area contributed by atoms with Crippen LogP contribution < -0.4 is 0 Å². The SMILES string of the molecule is CCC1(C)C(/C=C/C2CCCC2)=[N+](CCOC2CCC(F)CC2F)C2CCCCC21. The third-order valence-corrected chi connectivity index (χ3v) is 8.82. The molecule has 0 aromatic carbocycles. The van der Waals surface area contributed by atoms with Crippen molar-refractivity contribution in [3.8, 4) is 0 Å². The normalized spacial score (nSPS) is 40.5. The summed E-state index contributed by atoms with van der Waals surface area (Å²) in [4.78, 5) is 0. The fraction of sp³-hybridized carbons (Fsp3) is 0.885. The quantitative estimate of drug-likeness (QED) is 0.431. The van der Waals surface area contributed by atoms with Gasteiger partial charge >= 0.3 is 0 Å². The second kappa shape index (κ2) is 9.79. The Morgan fingerprint density at radius 1 is 1.03 bits per heavy atom. The Morgan fingerprint density at radius 3 is 2.50 bits per heavy atom. The lowest BCUT2D eigenvalue weighted by Crippen LogP contribution is -2.38. The molecule has 30 heavy (non-hydrogen) atoms. The topological polar surface area (TPSA) is 12.2 Å². The van der Waals surface area contributed by atoms with E-state index < -0.39 is 18.4 Å². The summed E-state index contributed by atoms with van der Waals surface area (Å²) in [6, 6.07) is 0.596. The fourth-order valence-electron chi connectivity index (χ4n) is 6.85. The molecule has 0 bridgehead atoms. The molecule has 0 N–H and O–H groups in total. The van der Waals surface area contributed by atoms with Crippen LogP contribution in [0.1, 0.15) is 90.9 Å². The van der Waals surface area contributed by atoms with Crippen LogP contribution in [0.15, 0.2) is 12.2 Å². The molecule has 0 spiro atoms. The van der Waals surface area contributed by atoms with Gasteiger partial charge in [0.2, 0.25) is 0 Å². The van der Waals surface area contributed by atoms with Crippen LogP contribution in [-0.4, -0.2) is 47.9 Å². The maximum Gasteiger partial charge on any atom is 0.182 e. The fourth-order valence-corrected chi connectivity index (χ4v) is 6.85. The van der Waals surface area contributed by atoms with E-state index in [0.717, 1.165) is 18.4 Å². The van der Waals surface area contributed by atoms with Crippen LogP contribution in [-0.2, 0) is 4.74 Å². The second-order valence-electron chi connectivity index (χ2n) is 10.5. The molecule has 1 aliphatic heterocycles. The van der Waals surface area contributed by atoms with E-state index in [1.165, 1.54) is 63.5 Å². The molecule has 1 heterocycles. The van der Waals surface area contributed by atoms with E-state index >= 15 is 0 Å². The van der Waals surface area contributed by atoms with Crippen LogP contribution in [0.3, 0.4) is 0 Å². The van der Waals surface area contributed by atoms with Gasteiger partial charge in [0.15, 0.2) is 18.3 Å². The van der Waals surface area contributed by atoms with Crippen LogP contribution in [0, 0.1) is 17.3 Å². The second-order valence-corrected chi connectivity index (χ2v) is 10.5. The number of fused-ring (bicyclic) bond motifs is 1. The number of alkyl halides is 2. The monoisotopic (exact) mass is 422 g/mol. The molecule has 0 amide bonds. The van der Waals surface area contributed by atoms with Crippen LogP contribution in [0.5, 0.6) is 0 Å². The standard InChI is InChI=1S/C26H42F2NO/c1-3-26(2)21-10-6-7-11-23(21)29(25(26)15-12-19-8-4-5-9-19)16-17-30-24-14-13-20(27)18-22(24)28/h12,15,19-24H,3-11,13-14,16-18H2,1-2H3/q+1/b15-12+. The van der Waals surface area contributed by atoms with Crippen molar-refractivity contribution in [1.82, 2.24) is 0 Å². The highest BCUT2D eigenvalue weighted by Crippen LogP contribution is 2.48. The summed E-state index contributed by atoms with van der Waals surface area (Å²) in [5, 5.41) is 0. The highest BCUT2D eigenvalue weighted by Gasteiger charge is 2.55. The van der Waals surface area contributed by atoms with Crippen molar-refractivity contribution in [2.75, 3.05) is 13.2 Å². The van der Waals surface area contributed by atoms with Crippen LogP contribution in [0.4, 0.5) is 8.78 Å². The van der Waals surface area contributed by atoms with E-state index in [9.17, 15) is 8.78 Å². The maximum atomic E-state index is 14.2. The van der Waals surface area contributed by atoms with Gasteiger partial charge in [-0.3, -0.25) is 0 Å². The molecule has 0 aromatic heterocycles. The molecule has 4 rings (SSSR count). The molecule has 2 nitrogen and oxygen atoms in total. The average Bonchev–Trinajstić information content (AvgIpc) is 3.34. The highest BCUT2D eigenvalue weighted by atomic mass is 19.1. The lowest BCUT2D eigenvalue weighted by atomic mass is 9.66. The molecule has 6 unspecified atom stereocenters. The summed E-state index contributed by atoms with van der Waals surface area (Å²) in [7, 11) is 0. The Labute approximate surface area is 182 Å². The van der Waals surface area contributed by atoms with Gasteiger partial charge in [0.05, 0.1) is 11.5 Å². The lowest BCUT2D eigenvalue weighted by molar-refractivity contribution is -0.569. The molecular weight excluding hydrogens is 380 g/mol. The molecule has 0 aromatic rings. The number of rotatable bonds is 7. The summed E-state index contributed by atoms with van der Waals surface area (Å²) in [5.41, 5.74) is 1.73. The molecule has 0 saturated heterocycles. The Bertz CT molecular complexity index is 641. The molecule has 6 atom stereocenters. The van der Waals surface area contributed by atoms with E-state index in [4.69, 9.17) is 4.74 Å². The van der Waals surface area contributed by atoms with Crippen molar-refractivity contribution >= 4 is 5.71 Å². The molecule has 170 valence electrons. The van der Waals surface area contributed by atoms with Gasteiger partial charge < -0.3 is 4.74 Å². The third kappa shape index (κ3) is 4.54. The number of ether oxygens (including phenoxy) is 1. The minimum atomic E-state index is -1.15. The van der Waals surface area contributed by atoms with Crippen molar-refractivity contribution in [3.05, 3.63) is 12.2 Å². The Kier molecular flexibility index (Phi) is 7.32. The molecule has 4 aliphatic rings. The van der Waals surface area contributed by atoms with Crippen molar-refractivity contribution in [2.45, 2.75) is 115 Å². The number of halogens is 2. The minimum Gasteiger partial charge on any atom is -0.369 e. The van der Waals surface area contributed by atoms with Gasteiger partial charge in [0, 0.05) is 24.8 Å². The van der Waals surface area contributed by atoms with Gasteiger partial charge in [-0.05, 0) is 57.8 Å². The number of hydrogen-bond acceptors (Lipinski definition) is 1. The third-order valence-electron chi connectivity index (χ3n) is 8.82. The molecular formula is C26H42F2NO+. The minimum absolute atomic E-state index is 0.00842. The van der Waals surface area contributed by atoms with Crippen LogP contribution in [0.2, 0.25) is 0 Å². The van der Waals surface area contributed by atoms with Crippen molar-refractivity contribution in [1.29, 1.82) is 0 Å². The average molecular weight is 423 g/mol. The lowest BCUT2D eigenvalue weighted by Gasteiger charge is -2.32. The summed E-state index contributed by atoms with van der Waals surface area (Å²) in [6.07, 6.45) is 15.1. The predicted molar refractivity (Wildman–Crippen MR) is 119 cm³/mol. The first-order valence-electron chi connectivity index (χ1n) is 12.7. The molecule has 3 fully saturated rings. The first kappa shape index (κ1) is 22.4. The molecule has 0 radical (unpaired) electrons. The van der Waals surface area contributed by atoms with Crippen LogP contribution >= 0.6 is 0 Å². The van der Waals surface area contributed by atoms with Crippen molar-refractivity contribution in [3.63, 3.8) is 0 Å². The zero-order chi connectivity index (χ0) is 21.1. The van der Waals surface area contributed by atoms with Crippen LogP contribution in [0.25, 0.3) is 0 Å². The number of allylic oxidation sites excluding steroid dienone is 2. The van der Waals surface area contributed by atoms with E-state index in [0.29, 0.717) is 25.5 Å². The zero-order valence-corrected chi connectivity index (χ0v) is 19.1. The van der Waals surface area contributed by atoms with Gasteiger partial charge in [0.1, 0.15) is 19.0 Å². The first-order valence-corrected chi connectivity index (χ1v) is 12.7. The van der Waals surface area contributed by atoms with Gasteiger partial charge in [-0.15, -0.1) is 0 Å². The van der Waals surface area contributed by atoms with E-state index in [1.54, 1.807) is 0 Å². The number of hydrogen-bond donors (Lipinski definition) is 0. The maximum absolute atomic E-state index is 14.2. The summed E-state index contributed by atoms with van der Waals surface area (Å²) < 4.78 is 36.3. The zero-order valence-electron chi connectivity index (χ0n) is 19.1. The predicted octanol–water partition coefficient (Wildman–Crippen LogP) is 6.42. The van der Waals surface area contributed by atoms with Gasteiger partial charge in [-0.1, -0.05) is 32.3 Å². The Balaban J connectivity index is 1.50. The van der Waals surface area contributed by atoms with E-state index in [-0.39, 0.29) is 11.8 Å². The van der Waals surface area contributed by atoms with Crippen molar-refractivity contribution < 1.29 is 18.1 Å². The smallest absolute Gasteiger partial charge is 0.182 e. The van der Waals surface area contributed by atoms with Gasteiger partial charge in [-0.2, -0.15) is 0 Å². The first-order chi connectivity index (χ1) is 14.5. The summed E-state index contributed by atoms with van der Waals surface area (Å²) in [5.74, 6) is 1.46. The number of nitrogens with zero attached hydrogens (tertiary/aromatic N) is 1. The van der Waals surface area contributed by atoms with E-state index in [2.05, 4.69) is 30.6 Å². The van der Waals surface area contributed by atoms with E-state index in [1.807, 2.05) is 0 Å². The van der Waals surface area contributed by atoms with Crippen molar-refractivity contribution in [2.24, 2.45) is 17.3 Å². The molecule has 3 aliphatic carbocycles. The molecule has 3 saturated carbocycles. The highest BCUT2D eigenvalue weighted by molar-refractivity contribution is 5.97. The largest absolute Gasteiger partial charge is 0.369 e.